The molecule has 2 atom stereocenters. The van der Waals surface area contributed by atoms with Crippen molar-refractivity contribution < 1.29 is 4.79 Å². The lowest BCUT2D eigenvalue weighted by molar-refractivity contribution is -0.126. The van der Waals surface area contributed by atoms with Crippen LogP contribution in [0.2, 0.25) is 0 Å². The van der Waals surface area contributed by atoms with Crippen LogP contribution in [-0.2, 0) is 4.79 Å². The summed E-state index contributed by atoms with van der Waals surface area (Å²) < 4.78 is 0. The summed E-state index contributed by atoms with van der Waals surface area (Å²) in [6.07, 6.45) is 2.09. The number of piperidine rings is 1. The van der Waals surface area contributed by atoms with E-state index >= 15 is 0 Å². The van der Waals surface area contributed by atoms with E-state index < -0.39 is 0 Å². The highest BCUT2D eigenvalue weighted by molar-refractivity contribution is 5.79. The number of amides is 1. The molecule has 3 heteroatoms. The molecule has 18 heavy (non-hydrogen) atoms. The minimum atomic E-state index is 0.0839. The second kappa shape index (κ2) is 6.01. The van der Waals surface area contributed by atoms with Crippen molar-refractivity contribution >= 4 is 5.91 Å². The van der Waals surface area contributed by atoms with E-state index in [0.717, 1.165) is 25.9 Å². The molecule has 1 amide bonds. The van der Waals surface area contributed by atoms with Crippen molar-refractivity contribution in [3.05, 3.63) is 35.4 Å². The van der Waals surface area contributed by atoms with Crippen LogP contribution < -0.4 is 10.6 Å². The second-order valence-corrected chi connectivity index (χ2v) is 5.13. The molecule has 2 unspecified atom stereocenters. The normalized spacial score (nSPS) is 21.3. The molecule has 2 rings (SSSR count). The highest BCUT2D eigenvalue weighted by Gasteiger charge is 2.22. The fourth-order valence-corrected chi connectivity index (χ4v) is 2.56. The maximum absolute atomic E-state index is 12.1. The summed E-state index contributed by atoms with van der Waals surface area (Å²) in [6.45, 7) is 5.99. The maximum atomic E-state index is 12.1. The van der Waals surface area contributed by atoms with Crippen LogP contribution in [0.25, 0.3) is 0 Å². The van der Waals surface area contributed by atoms with Crippen molar-refractivity contribution in [3.8, 4) is 0 Å². The fraction of sp³-hybridized carbons (Fsp3) is 0.533. The van der Waals surface area contributed by atoms with E-state index in [1.807, 2.05) is 12.1 Å². The third kappa shape index (κ3) is 3.10. The van der Waals surface area contributed by atoms with Crippen molar-refractivity contribution in [1.29, 1.82) is 0 Å². The van der Waals surface area contributed by atoms with Crippen LogP contribution in [0.1, 0.15) is 36.9 Å². The predicted octanol–water partition coefficient (Wildman–Crippen LogP) is 2.17. The van der Waals surface area contributed by atoms with Crippen LogP contribution in [0.4, 0.5) is 0 Å². The van der Waals surface area contributed by atoms with Gasteiger partial charge in [-0.25, -0.2) is 0 Å². The van der Waals surface area contributed by atoms with Crippen molar-refractivity contribution in [2.75, 3.05) is 13.1 Å². The first-order chi connectivity index (χ1) is 8.68. The molecule has 1 aliphatic heterocycles. The maximum Gasteiger partial charge on any atom is 0.224 e. The van der Waals surface area contributed by atoms with Crippen LogP contribution in [-0.4, -0.2) is 19.0 Å². The lowest BCUT2D eigenvalue weighted by atomic mass is 9.97. The molecule has 2 N–H and O–H groups in total. The highest BCUT2D eigenvalue weighted by atomic mass is 16.1. The molecule has 0 radical (unpaired) electrons. The Bertz CT molecular complexity index is 411. The van der Waals surface area contributed by atoms with E-state index in [2.05, 4.69) is 36.6 Å². The van der Waals surface area contributed by atoms with Crippen molar-refractivity contribution in [3.63, 3.8) is 0 Å². The van der Waals surface area contributed by atoms with Crippen LogP contribution in [0.15, 0.2) is 24.3 Å². The van der Waals surface area contributed by atoms with Gasteiger partial charge in [-0.15, -0.1) is 0 Å². The molecule has 1 aliphatic rings. The number of hydrogen-bond acceptors (Lipinski definition) is 2. The molecule has 98 valence electrons. The topological polar surface area (TPSA) is 41.1 Å². The van der Waals surface area contributed by atoms with Crippen molar-refractivity contribution in [2.45, 2.75) is 32.7 Å². The van der Waals surface area contributed by atoms with Crippen LogP contribution >= 0.6 is 0 Å². The molecule has 1 aromatic rings. The first-order valence-corrected chi connectivity index (χ1v) is 6.75. The summed E-state index contributed by atoms with van der Waals surface area (Å²) in [4.78, 5) is 12.1. The molecular weight excluding hydrogens is 224 g/mol. The van der Waals surface area contributed by atoms with Gasteiger partial charge in [0.15, 0.2) is 0 Å². The molecule has 0 aromatic heterocycles. The van der Waals surface area contributed by atoms with Crippen LogP contribution in [0, 0.1) is 12.8 Å². The molecule has 0 saturated carbocycles. The third-order valence-corrected chi connectivity index (χ3v) is 3.68. The summed E-state index contributed by atoms with van der Waals surface area (Å²) in [5.74, 6) is 0.308. The summed E-state index contributed by atoms with van der Waals surface area (Å²) in [5, 5.41) is 6.41. The Morgan fingerprint density at radius 1 is 1.44 bits per heavy atom. The largest absolute Gasteiger partial charge is 0.349 e. The first kappa shape index (κ1) is 13.1. The van der Waals surface area contributed by atoms with Gasteiger partial charge in [-0.2, -0.15) is 0 Å². The van der Waals surface area contributed by atoms with E-state index in [-0.39, 0.29) is 17.9 Å². The Morgan fingerprint density at radius 2 is 2.22 bits per heavy atom. The average Bonchev–Trinajstić information content (AvgIpc) is 2.40. The van der Waals surface area contributed by atoms with Gasteiger partial charge >= 0.3 is 0 Å². The highest BCUT2D eigenvalue weighted by Crippen LogP contribution is 2.18. The van der Waals surface area contributed by atoms with E-state index in [1.54, 1.807) is 0 Å². The third-order valence-electron chi connectivity index (χ3n) is 3.68. The fourth-order valence-electron chi connectivity index (χ4n) is 2.56. The van der Waals surface area contributed by atoms with Gasteiger partial charge < -0.3 is 10.6 Å². The number of hydrogen-bond donors (Lipinski definition) is 2. The molecule has 1 fully saturated rings. The predicted molar refractivity (Wildman–Crippen MR) is 73.3 cm³/mol. The number of benzene rings is 1. The van der Waals surface area contributed by atoms with Crippen molar-refractivity contribution in [2.24, 2.45) is 5.92 Å². The Morgan fingerprint density at radius 3 is 2.89 bits per heavy atom. The zero-order valence-electron chi connectivity index (χ0n) is 11.2. The lowest BCUT2D eigenvalue weighted by Crippen LogP contribution is -2.41. The number of aryl methyl sites for hydroxylation is 1. The van der Waals surface area contributed by atoms with E-state index in [1.165, 1.54) is 11.1 Å². The van der Waals surface area contributed by atoms with Gasteiger partial charge in [0, 0.05) is 6.54 Å². The van der Waals surface area contributed by atoms with E-state index in [9.17, 15) is 4.79 Å². The van der Waals surface area contributed by atoms with E-state index in [0.29, 0.717) is 0 Å². The monoisotopic (exact) mass is 246 g/mol. The minimum absolute atomic E-state index is 0.0839. The number of carbonyl (C=O) groups excluding carboxylic acids is 1. The number of rotatable bonds is 3. The zero-order valence-corrected chi connectivity index (χ0v) is 11.2. The molecule has 3 nitrogen and oxygen atoms in total. The van der Waals surface area contributed by atoms with Gasteiger partial charge in [0.05, 0.1) is 12.0 Å². The Balaban J connectivity index is 1.96. The van der Waals surface area contributed by atoms with Gasteiger partial charge in [0.1, 0.15) is 0 Å². The van der Waals surface area contributed by atoms with Gasteiger partial charge in [-0.3, -0.25) is 4.79 Å². The molecule has 0 bridgehead atoms. The van der Waals surface area contributed by atoms with Gasteiger partial charge in [-0.05, 0) is 44.4 Å². The van der Waals surface area contributed by atoms with Crippen LogP contribution in [0.3, 0.4) is 0 Å². The smallest absolute Gasteiger partial charge is 0.224 e. The van der Waals surface area contributed by atoms with Crippen LogP contribution in [0.5, 0.6) is 0 Å². The Labute approximate surface area is 109 Å². The van der Waals surface area contributed by atoms with Gasteiger partial charge in [-0.1, -0.05) is 24.3 Å². The lowest BCUT2D eigenvalue weighted by Gasteiger charge is -2.24. The Kier molecular flexibility index (Phi) is 4.37. The minimum Gasteiger partial charge on any atom is -0.349 e. The van der Waals surface area contributed by atoms with E-state index in [4.69, 9.17) is 0 Å². The molecular formula is C15H22N2O. The summed E-state index contributed by atoms with van der Waals surface area (Å²) >= 11 is 0. The van der Waals surface area contributed by atoms with Gasteiger partial charge in [0.25, 0.3) is 0 Å². The summed E-state index contributed by atoms with van der Waals surface area (Å²) in [6, 6.07) is 8.30. The molecule has 0 aliphatic carbocycles. The average molecular weight is 246 g/mol. The first-order valence-electron chi connectivity index (χ1n) is 6.75. The quantitative estimate of drug-likeness (QED) is 0.858. The molecule has 1 heterocycles. The zero-order chi connectivity index (χ0) is 13.0. The van der Waals surface area contributed by atoms with Crippen molar-refractivity contribution in [1.82, 2.24) is 10.6 Å². The second-order valence-electron chi connectivity index (χ2n) is 5.13. The summed E-state index contributed by atoms with van der Waals surface area (Å²) in [7, 11) is 0. The standard InChI is InChI=1S/C15H22N2O/c1-11-6-3-4-8-14(11)12(2)17-15(18)13-7-5-9-16-10-13/h3-4,6,8,12-13,16H,5,7,9-10H2,1-2H3,(H,17,18). The molecule has 0 spiro atoms. The summed E-state index contributed by atoms with van der Waals surface area (Å²) in [5.41, 5.74) is 2.43. The number of nitrogens with one attached hydrogen (secondary N) is 2. The van der Waals surface area contributed by atoms with Gasteiger partial charge in [0.2, 0.25) is 5.91 Å². The number of carbonyl (C=O) groups is 1. The molecule has 1 saturated heterocycles. The SMILES string of the molecule is Cc1ccccc1C(C)NC(=O)C1CCCNC1. The molecule has 1 aromatic carbocycles. The Hall–Kier alpha value is -1.35.